The summed E-state index contributed by atoms with van der Waals surface area (Å²) >= 11 is 2.66. The molecule has 0 aromatic carbocycles. The lowest BCUT2D eigenvalue weighted by Crippen LogP contribution is -1.97. The maximum absolute atomic E-state index is 10.8. The summed E-state index contributed by atoms with van der Waals surface area (Å²) in [6.07, 6.45) is 0. The zero-order chi connectivity index (χ0) is 14.3. The Bertz CT molecular complexity index is 774. The van der Waals surface area contributed by atoms with E-state index < -0.39 is 4.92 Å². The molecule has 0 radical (unpaired) electrons. The number of aromatic nitrogens is 2. The van der Waals surface area contributed by atoms with Crippen molar-refractivity contribution in [1.29, 1.82) is 0 Å². The van der Waals surface area contributed by atoms with Gasteiger partial charge in [0.05, 0.1) is 15.4 Å². The van der Waals surface area contributed by atoms with E-state index in [1.807, 2.05) is 17.5 Å². The molecule has 0 atom stereocenters. The number of nitrogen functional groups attached to an aromatic ring is 1. The third kappa shape index (κ3) is 1.98. The molecular formula is C12H10N4O2S2. The maximum Gasteiger partial charge on any atom is 0.324 e. The molecule has 0 aliphatic rings. The second-order valence-electron chi connectivity index (χ2n) is 4.10. The molecule has 8 heteroatoms. The third-order valence-corrected chi connectivity index (χ3v) is 4.80. The lowest BCUT2D eigenvalue weighted by atomic mass is 10.1. The first-order chi connectivity index (χ1) is 9.58. The Labute approximate surface area is 122 Å². The minimum absolute atomic E-state index is 0.0985. The van der Waals surface area contributed by atoms with Crippen LogP contribution in [-0.2, 0) is 7.05 Å². The SMILES string of the molecule is Cn1nc(-c2ccc([N+](=O)[O-])s2)c(-c2cccs2)c1N. The van der Waals surface area contributed by atoms with Crippen LogP contribution in [0.4, 0.5) is 10.8 Å². The average Bonchev–Trinajstić information content (AvgIpc) is 3.11. The van der Waals surface area contributed by atoms with Gasteiger partial charge in [-0.1, -0.05) is 17.4 Å². The van der Waals surface area contributed by atoms with Crippen LogP contribution in [0.15, 0.2) is 29.6 Å². The smallest absolute Gasteiger partial charge is 0.324 e. The minimum Gasteiger partial charge on any atom is -0.383 e. The number of hydrogen-bond donors (Lipinski definition) is 1. The summed E-state index contributed by atoms with van der Waals surface area (Å²) in [6.45, 7) is 0. The Hall–Kier alpha value is -2.19. The average molecular weight is 306 g/mol. The Kier molecular flexibility index (Phi) is 3.03. The highest BCUT2D eigenvalue weighted by Gasteiger charge is 2.21. The molecule has 3 aromatic heterocycles. The summed E-state index contributed by atoms with van der Waals surface area (Å²) in [5.74, 6) is 0.554. The molecule has 2 N–H and O–H groups in total. The minimum atomic E-state index is -0.398. The molecule has 20 heavy (non-hydrogen) atoms. The van der Waals surface area contributed by atoms with E-state index in [4.69, 9.17) is 5.73 Å². The molecule has 0 aliphatic heterocycles. The van der Waals surface area contributed by atoms with E-state index in [-0.39, 0.29) is 5.00 Å². The molecule has 3 rings (SSSR count). The third-order valence-electron chi connectivity index (χ3n) is 2.86. The quantitative estimate of drug-likeness (QED) is 0.593. The van der Waals surface area contributed by atoms with Crippen LogP contribution in [0.2, 0.25) is 0 Å². The van der Waals surface area contributed by atoms with Crippen LogP contribution >= 0.6 is 22.7 Å². The van der Waals surface area contributed by atoms with Gasteiger partial charge < -0.3 is 5.73 Å². The van der Waals surface area contributed by atoms with Gasteiger partial charge in [-0.05, 0) is 17.5 Å². The van der Waals surface area contributed by atoms with Gasteiger partial charge in [-0.2, -0.15) is 5.10 Å². The molecule has 3 aromatic rings. The Balaban J connectivity index is 2.18. The molecule has 0 saturated heterocycles. The molecule has 0 aliphatic carbocycles. The van der Waals surface area contributed by atoms with Crippen molar-refractivity contribution in [1.82, 2.24) is 9.78 Å². The predicted molar refractivity (Wildman–Crippen MR) is 80.9 cm³/mol. The number of anilines is 1. The van der Waals surface area contributed by atoms with E-state index in [0.717, 1.165) is 26.7 Å². The van der Waals surface area contributed by atoms with Gasteiger partial charge in [-0.25, -0.2) is 0 Å². The van der Waals surface area contributed by atoms with Crippen molar-refractivity contribution in [2.75, 3.05) is 5.73 Å². The van der Waals surface area contributed by atoms with E-state index in [1.165, 1.54) is 6.07 Å². The lowest BCUT2D eigenvalue weighted by Gasteiger charge is -1.98. The normalized spacial score (nSPS) is 10.8. The summed E-state index contributed by atoms with van der Waals surface area (Å²) in [5, 5.41) is 17.3. The molecule has 0 spiro atoms. The summed E-state index contributed by atoms with van der Waals surface area (Å²) in [5.41, 5.74) is 7.59. The van der Waals surface area contributed by atoms with Crippen LogP contribution in [-0.4, -0.2) is 14.7 Å². The van der Waals surface area contributed by atoms with Crippen LogP contribution in [0.25, 0.3) is 21.0 Å². The van der Waals surface area contributed by atoms with E-state index in [2.05, 4.69) is 5.10 Å². The fourth-order valence-electron chi connectivity index (χ4n) is 1.93. The van der Waals surface area contributed by atoms with Gasteiger partial charge in [0.15, 0.2) is 0 Å². The number of nitrogens with two attached hydrogens (primary N) is 1. The number of aryl methyl sites for hydroxylation is 1. The Morgan fingerprint density at radius 3 is 2.75 bits per heavy atom. The molecule has 0 unspecified atom stereocenters. The lowest BCUT2D eigenvalue weighted by molar-refractivity contribution is -0.380. The highest BCUT2D eigenvalue weighted by atomic mass is 32.1. The van der Waals surface area contributed by atoms with Crippen molar-refractivity contribution < 1.29 is 4.92 Å². The van der Waals surface area contributed by atoms with Gasteiger partial charge in [0.25, 0.3) is 0 Å². The molecule has 0 amide bonds. The van der Waals surface area contributed by atoms with Crippen molar-refractivity contribution in [2.24, 2.45) is 7.05 Å². The maximum atomic E-state index is 10.8. The standard InChI is InChI=1S/C12H10N4O2S2/c1-15-12(13)10(7-3-2-6-19-7)11(14-15)8-4-5-9(20-8)16(17)18/h2-6H,13H2,1H3. The molecule has 6 nitrogen and oxygen atoms in total. The van der Waals surface area contributed by atoms with Gasteiger partial charge in [0.1, 0.15) is 11.5 Å². The topological polar surface area (TPSA) is 87.0 Å². The zero-order valence-electron chi connectivity index (χ0n) is 10.4. The van der Waals surface area contributed by atoms with Gasteiger partial charge in [-0.15, -0.1) is 11.3 Å². The predicted octanol–water partition coefficient (Wildman–Crippen LogP) is 3.37. The fraction of sp³-hybridized carbons (Fsp3) is 0.0833. The first kappa shape index (κ1) is 12.8. The van der Waals surface area contributed by atoms with Crippen molar-refractivity contribution in [3.8, 4) is 21.0 Å². The Morgan fingerprint density at radius 2 is 2.15 bits per heavy atom. The number of hydrogen-bond acceptors (Lipinski definition) is 6. The van der Waals surface area contributed by atoms with Crippen molar-refractivity contribution in [3.63, 3.8) is 0 Å². The van der Waals surface area contributed by atoms with Crippen LogP contribution in [0.1, 0.15) is 0 Å². The van der Waals surface area contributed by atoms with E-state index >= 15 is 0 Å². The summed E-state index contributed by atoms with van der Waals surface area (Å²) < 4.78 is 1.59. The van der Waals surface area contributed by atoms with Crippen LogP contribution in [0.5, 0.6) is 0 Å². The Morgan fingerprint density at radius 1 is 1.35 bits per heavy atom. The highest BCUT2D eigenvalue weighted by Crippen LogP contribution is 2.41. The first-order valence-corrected chi connectivity index (χ1v) is 7.38. The van der Waals surface area contributed by atoms with Crippen molar-refractivity contribution in [3.05, 3.63) is 39.8 Å². The number of thiophene rings is 2. The second kappa shape index (κ2) is 4.73. The summed E-state index contributed by atoms with van der Waals surface area (Å²) in [6, 6.07) is 7.10. The molecular weight excluding hydrogens is 296 g/mol. The number of nitro groups is 1. The number of rotatable bonds is 3. The van der Waals surface area contributed by atoms with Gasteiger partial charge in [0.2, 0.25) is 0 Å². The highest BCUT2D eigenvalue weighted by molar-refractivity contribution is 7.18. The number of nitrogens with zero attached hydrogens (tertiary/aromatic N) is 3. The van der Waals surface area contributed by atoms with Crippen LogP contribution < -0.4 is 5.73 Å². The van der Waals surface area contributed by atoms with Gasteiger partial charge in [-0.3, -0.25) is 14.8 Å². The largest absolute Gasteiger partial charge is 0.383 e. The van der Waals surface area contributed by atoms with E-state index in [1.54, 1.807) is 29.1 Å². The van der Waals surface area contributed by atoms with Crippen LogP contribution in [0, 0.1) is 10.1 Å². The molecule has 0 fully saturated rings. The van der Waals surface area contributed by atoms with Crippen molar-refractivity contribution >= 4 is 33.5 Å². The zero-order valence-corrected chi connectivity index (χ0v) is 12.1. The van der Waals surface area contributed by atoms with Gasteiger partial charge >= 0.3 is 5.00 Å². The van der Waals surface area contributed by atoms with Crippen LogP contribution in [0.3, 0.4) is 0 Å². The van der Waals surface area contributed by atoms with E-state index in [9.17, 15) is 10.1 Å². The molecule has 0 saturated carbocycles. The summed E-state index contributed by atoms with van der Waals surface area (Å²) in [4.78, 5) is 12.1. The molecule has 102 valence electrons. The van der Waals surface area contributed by atoms with E-state index in [0.29, 0.717) is 11.5 Å². The molecule has 0 bridgehead atoms. The van der Waals surface area contributed by atoms with Gasteiger partial charge in [0, 0.05) is 18.0 Å². The van der Waals surface area contributed by atoms with Crippen molar-refractivity contribution in [2.45, 2.75) is 0 Å². The summed E-state index contributed by atoms with van der Waals surface area (Å²) in [7, 11) is 1.76. The fourth-order valence-corrected chi connectivity index (χ4v) is 3.52. The monoisotopic (exact) mass is 306 g/mol. The molecule has 3 heterocycles. The first-order valence-electron chi connectivity index (χ1n) is 5.69. The second-order valence-corrected chi connectivity index (χ2v) is 6.11.